The summed E-state index contributed by atoms with van der Waals surface area (Å²) in [6.07, 6.45) is 2.79. The van der Waals surface area contributed by atoms with Crippen LogP contribution in [0.2, 0.25) is 0 Å². The predicted molar refractivity (Wildman–Crippen MR) is 71.5 cm³/mol. The summed E-state index contributed by atoms with van der Waals surface area (Å²) in [7, 11) is 2.02. The smallest absolute Gasteiger partial charge is 0.171 e. The summed E-state index contributed by atoms with van der Waals surface area (Å²) in [6.45, 7) is 6.51. The molecule has 0 bridgehead atoms. The fourth-order valence-corrected chi connectivity index (χ4v) is 1.62. The molecule has 0 aliphatic heterocycles. The first-order valence-corrected chi connectivity index (χ1v) is 6.18. The average Bonchev–Trinajstić information content (AvgIpc) is 2.36. The summed E-state index contributed by atoms with van der Waals surface area (Å²) in [5, 5.41) is 0. The molecule has 1 rings (SSSR count). The van der Waals surface area contributed by atoms with Gasteiger partial charge in [-0.2, -0.15) is 0 Å². The van der Waals surface area contributed by atoms with E-state index in [1.165, 1.54) is 0 Å². The van der Waals surface area contributed by atoms with Gasteiger partial charge in [-0.05, 0) is 31.0 Å². The maximum Gasteiger partial charge on any atom is 0.171 e. The van der Waals surface area contributed by atoms with Crippen LogP contribution in [0.15, 0.2) is 18.3 Å². The van der Waals surface area contributed by atoms with Crippen LogP contribution < -0.4 is 15.4 Å². The van der Waals surface area contributed by atoms with Gasteiger partial charge in [-0.3, -0.25) is 0 Å². The molecular formula is C13H23N3O. The highest BCUT2D eigenvalue weighted by Gasteiger charge is 2.11. The molecule has 0 aliphatic rings. The first-order valence-electron chi connectivity index (χ1n) is 6.18. The minimum absolute atomic E-state index is 0.445. The van der Waals surface area contributed by atoms with Crippen LogP contribution in [0.1, 0.15) is 20.3 Å². The summed E-state index contributed by atoms with van der Waals surface area (Å²) in [5.41, 5.74) is 5.64. The van der Waals surface area contributed by atoms with Gasteiger partial charge < -0.3 is 15.4 Å². The topological polar surface area (TPSA) is 51.4 Å². The number of nitrogens with zero attached hydrogens (tertiary/aromatic N) is 2. The number of hydrogen-bond acceptors (Lipinski definition) is 4. The van der Waals surface area contributed by atoms with E-state index in [9.17, 15) is 0 Å². The van der Waals surface area contributed by atoms with Crippen LogP contribution in [0.5, 0.6) is 5.75 Å². The van der Waals surface area contributed by atoms with Crippen LogP contribution in [0.25, 0.3) is 0 Å². The van der Waals surface area contributed by atoms with Crippen LogP contribution >= 0.6 is 0 Å². The largest absolute Gasteiger partial charge is 0.490 e. The number of aromatic nitrogens is 1. The molecule has 0 aromatic carbocycles. The van der Waals surface area contributed by atoms with Gasteiger partial charge in [-0.15, -0.1) is 0 Å². The summed E-state index contributed by atoms with van der Waals surface area (Å²) < 4.78 is 5.69. The molecule has 0 radical (unpaired) electrons. The monoisotopic (exact) mass is 237 g/mol. The van der Waals surface area contributed by atoms with Crippen molar-refractivity contribution in [1.29, 1.82) is 0 Å². The number of hydrogen-bond donors (Lipinski definition) is 1. The zero-order valence-electron chi connectivity index (χ0n) is 11.0. The van der Waals surface area contributed by atoms with Crippen molar-refractivity contribution in [3.05, 3.63) is 18.3 Å². The Bertz CT molecular complexity index is 330. The number of pyridine rings is 1. The Morgan fingerprint density at radius 3 is 2.94 bits per heavy atom. The van der Waals surface area contributed by atoms with Crippen LogP contribution in [-0.2, 0) is 0 Å². The minimum Gasteiger partial charge on any atom is -0.490 e. The fraction of sp³-hybridized carbons (Fsp3) is 0.615. The van der Waals surface area contributed by atoms with Gasteiger partial charge in [0.15, 0.2) is 11.6 Å². The van der Waals surface area contributed by atoms with E-state index in [0.29, 0.717) is 12.5 Å². The molecule has 0 amide bonds. The van der Waals surface area contributed by atoms with E-state index in [0.717, 1.165) is 31.1 Å². The summed E-state index contributed by atoms with van der Waals surface area (Å²) in [6, 6.07) is 3.86. The van der Waals surface area contributed by atoms with Gasteiger partial charge >= 0.3 is 0 Å². The zero-order valence-corrected chi connectivity index (χ0v) is 11.0. The second-order valence-corrected chi connectivity index (χ2v) is 4.40. The Morgan fingerprint density at radius 1 is 1.53 bits per heavy atom. The van der Waals surface area contributed by atoms with Crippen LogP contribution in [0.4, 0.5) is 5.82 Å². The van der Waals surface area contributed by atoms with E-state index in [1.807, 2.05) is 19.2 Å². The molecule has 1 atom stereocenters. The predicted octanol–water partition coefficient (Wildman–Crippen LogP) is 1.90. The number of ether oxygens (including phenoxy) is 1. The van der Waals surface area contributed by atoms with Crippen molar-refractivity contribution in [2.75, 3.05) is 31.6 Å². The Labute approximate surface area is 104 Å². The van der Waals surface area contributed by atoms with E-state index in [1.54, 1.807) is 6.20 Å². The molecule has 1 heterocycles. The molecule has 1 aromatic heterocycles. The lowest BCUT2D eigenvalue weighted by atomic mass is 10.2. The highest BCUT2D eigenvalue weighted by molar-refractivity contribution is 5.51. The standard InChI is InChI=1S/C13H23N3O/c1-4-8-17-12-6-5-7-15-13(12)16(3)10-11(2)9-14/h5-7,11H,4,8-10,14H2,1-3H3. The first-order chi connectivity index (χ1) is 8.19. The Kier molecular flexibility index (Phi) is 5.77. The van der Waals surface area contributed by atoms with Crippen molar-refractivity contribution in [2.45, 2.75) is 20.3 Å². The Balaban J connectivity index is 2.73. The maximum atomic E-state index is 5.69. The van der Waals surface area contributed by atoms with Crippen LogP contribution in [0, 0.1) is 5.92 Å². The summed E-state index contributed by atoms with van der Waals surface area (Å²) in [5.74, 6) is 2.18. The SMILES string of the molecule is CCCOc1cccnc1N(C)CC(C)CN. The first kappa shape index (κ1) is 13.8. The third-order valence-corrected chi connectivity index (χ3v) is 2.56. The van der Waals surface area contributed by atoms with E-state index in [2.05, 4.69) is 23.7 Å². The van der Waals surface area contributed by atoms with E-state index >= 15 is 0 Å². The van der Waals surface area contributed by atoms with Crippen molar-refractivity contribution in [2.24, 2.45) is 11.7 Å². The normalized spacial score (nSPS) is 12.2. The van der Waals surface area contributed by atoms with Gasteiger partial charge in [0.2, 0.25) is 0 Å². The molecule has 0 aliphatic carbocycles. The molecular weight excluding hydrogens is 214 g/mol. The molecule has 0 spiro atoms. The van der Waals surface area contributed by atoms with Crippen molar-refractivity contribution in [3.63, 3.8) is 0 Å². The zero-order chi connectivity index (χ0) is 12.7. The van der Waals surface area contributed by atoms with Crippen molar-refractivity contribution < 1.29 is 4.74 Å². The van der Waals surface area contributed by atoms with Gasteiger partial charge in [0.05, 0.1) is 6.61 Å². The van der Waals surface area contributed by atoms with Crippen molar-refractivity contribution >= 4 is 5.82 Å². The molecule has 0 saturated carbocycles. The van der Waals surface area contributed by atoms with Crippen LogP contribution in [0.3, 0.4) is 0 Å². The van der Waals surface area contributed by atoms with Gasteiger partial charge in [-0.1, -0.05) is 13.8 Å². The summed E-state index contributed by atoms with van der Waals surface area (Å²) >= 11 is 0. The van der Waals surface area contributed by atoms with E-state index < -0.39 is 0 Å². The maximum absolute atomic E-state index is 5.69. The second-order valence-electron chi connectivity index (χ2n) is 4.40. The van der Waals surface area contributed by atoms with Crippen LogP contribution in [-0.4, -0.2) is 31.7 Å². The molecule has 1 unspecified atom stereocenters. The lowest BCUT2D eigenvalue weighted by Gasteiger charge is -2.23. The lowest BCUT2D eigenvalue weighted by molar-refractivity contribution is 0.316. The molecule has 17 heavy (non-hydrogen) atoms. The Morgan fingerprint density at radius 2 is 2.29 bits per heavy atom. The molecule has 96 valence electrons. The van der Waals surface area contributed by atoms with Gasteiger partial charge in [0, 0.05) is 19.8 Å². The lowest BCUT2D eigenvalue weighted by Crippen LogP contribution is -2.29. The number of nitrogens with two attached hydrogens (primary N) is 1. The van der Waals surface area contributed by atoms with Gasteiger partial charge in [0.1, 0.15) is 0 Å². The van der Waals surface area contributed by atoms with Crippen molar-refractivity contribution in [1.82, 2.24) is 4.98 Å². The Hall–Kier alpha value is -1.29. The highest BCUT2D eigenvalue weighted by atomic mass is 16.5. The highest BCUT2D eigenvalue weighted by Crippen LogP contribution is 2.24. The van der Waals surface area contributed by atoms with E-state index in [-0.39, 0.29) is 0 Å². The quantitative estimate of drug-likeness (QED) is 0.787. The number of anilines is 1. The molecule has 4 nitrogen and oxygen atoms in total. The van der Waals surface area contributed by atoms with Gasteiger partial charge in [-0.25, -0.2) is 4.98 Å². The third-order valence-electron chi connectivity index (χ3n) is 2.56. The fourth-order valence-electron chi connectivity index (χ4n) is 1.62. The minimum atomic E-state index is 0.445. The average molecular weight is 237 g/mol. The second kappa shape index (κ2) is 7.12. The molecule has 0 fully saturated rings. The molecule has 2 N–H and O–H groups in total. The number of rotatable bonds is 7. The van der Waals surface area contributed by atoms with Crippen molar-refractivity contribution in [3.8, 4) is 5.75 Å². The summed E-state index contributed by atoms with van der Waals surface area (Å²) in [4.78, 5) is 6.48. The van der Waals surface area contributed by atoms with Gasteiger partial charge in [0.25, 0.3) is 0 Å². The van der Waals surface area contributed by atoms with E-state index in [4.69, 9.17) is 10.5 Å². The molecule has 4 heteroatoms. The molecule has 0 saturated heterocycles. The third kappa shape index (κ3) is 4.23. The molecule has 1 aromatic rings.